The van der Waals surface area contributed by atoms with Crippen LogP contribution >= 0.6 is 11.3 Å². The number of amides is 1. The van der Waals surface area contributed by atoms with Crippen molar-refractivity contribution >= 4 is 39.8 Å². The molecular weight excluding hydrogens is 410 g/mol. The molecule has 0 aromatic carbocycles. The number of primary amides is 1. The second kappa shape index (κ2) is 6.43. The first-order valence-corrected chi connectivity index (χ1v) is 10.5. The molecule has 10 nitrogen and oxygen atoms in total. The van der Waals surface area contributed by atoms with Gasteiger partial charge in [-0.2, -0.15) is 0 Å². The average molecular weight is 431 g/mol. The lowest BCUT2D eigenvalue weighted by Gasteiger charge is -2.39. The highest BCUT2D eigenvalue weighted by Gasteiger charge is 2.73. The number of aromatic nitrogens is 1. The van der Waals surface area contributed by atoms with Gasteiger partial charge in [0.1, 0.15) is 12.3 Å². The minimum Gasteiger partial charge on any atom is -0.449 e. The molecule has 1 aliphatic carbocycles. The molecule has 0 radical (unpaired) electrons. The van der Waals surface area contributed by atoms with Crippen LogP contribution in [-0.4, -0.2) is 71.3 Å². The Balaban J connectivity index is 1.63. The molecule has 0 bridgehead atoms. The van der Waals surface area contributed by atoms with Crippen LogP contribution in [0.5, 0.6) is 0 Å². The van der Waals surface area contributed by atoms with Crippen molar-refractivity contribution in [2.45, 2.75) is 31.7 Å². The first kappa shape index (κ1) is 19.3. The second-order valence-corrected chi connectivity index (χ2v) is 8.78. The van der Waals surface area contributed by atoms with Crippen molar-refractivity contribution in [1.82, 2.24) is 15.2 Å². The Hall–Kier alpha value is -2.63. The molecular formula is C19H21N5O5S. The number of aryl methyl sites for hydroxylation is 1. The Bertz CT molecular complexity index is 1050. The lowest BCUT2D eigenvalue weighted by molar-refractivity contribution is -0.138. The van der Waals surface area contributed by atoms with Crippen LogP contribution in [0.4, 0.5) is 9.93 Å². The summed E-state index contributed by atoms with van der Waals surface area (Å²) in [4.78, 5) is 48.9. The largest absolute Gasteiger partial charge is 0.449 e. The number of thiazole rings is 1. The van der Waals surface area contributed by atoms with Crippen LogP contribution in [0.1, 0.15) is 12.6 Å². The lowest BCUT2D eigenvalue weighted by Crippen LogP contribution is -2.55. The van der Waals surface area contributed by atoms with Gasteiger partial charge in [0, 0.05) is 30.6 Å². The number of nitrogens with one attached hydrogen (secondary N) is 1. The molecule has 0 spiro atoms. The summed E-state index contributed by atoms with van der Waals surface area (Å²) in [6, 6.07) is 0.0779. The van der Waals surface area contributed by atoms with Crippen LogP contribution in [0.15, 0.2) is 21.6 Å². The third kappa shape index (κ3) is 2.45. The smallest absolute Gasteiger partial charge is 0.404 e. The average Bonchev–Trinajstić information content (AvgIpc) is 3.10. The molecule has 2 saturated heterocycles. The van der Waals surface area contributed by atoms with Gasteiger partial charge in [0.05, 0.1) is 29.3 Å². The summed E-state index contributed by atoms with van der Waals surface area (Å²) >= 11 is 1.31. The highest BCUT2D eigenvalue weighted by molar-refractivity contribution is 7.13. The summed E-state index contributed by atoms with van der Waals surface area (Å²) in [5, 5.41) is 5.58. The van der Waals surface area contributed by atoms with Crippen molar-refractivity contribution < 1.29 is 23.9 Å². The molecule has 2 fully saturated rings. The van der Waals surface area contributed by atoms with E-state index in [0.717, 1.165) is 5.69 Å². The van der Waals surface area contributed by atoms with Crippen molar-refractivity contribution in [3.63, 3.8) is 0 Å². The van der Waals surface area contributed by atoms with Crippen molar-refractivity contribution in [2.24, 2.45) is 22.6 Å². The number of hydrogen-bond acceptors (Lipinski definition) is 10. The maximum atomic E-state index is 13.6. The van der Waals surface area contributed by atoms with E-state index in [0.29, 0.717) is 17.4 Å². The normalized spacial score (nSPS) is 35.6. The zero-order valence-electron chi connectivity index (χ0n) is 16.7. The van der Waals surface area contributed by atoms with Crippen molar-refractivity contribution in [1.29, 1.82) is 0 Å². The molecule has 3 aliphatic heterocycles. The topological polar surface area (TPSA) is 146 Å². The van der Waals surface area contributed by atoms with Gasteiger partial charge in [-0.15, -0.1) is 11.3 Å². The van der Waals surface area contributed by atoms with Gasteiger partial charge >= 0.3 is 6.09 Å². The molecule has 5 atom stereocenters. The number of aliphatic imine (C=N–C) groups is 1. The van der Waals surface area contributed by atoms with Crippen LogP contribution in [0.2, 0.25) is 0 Å². The van der Waals surface area contributed by atoms with Crippen LogP contribution in [-0.2, 0) is 19.1 Å². The van der Waals surface area contributed by atoms with E-state index in [-0.39, 0.29) is 41.5 Å². The number of methoxy groups -OCH3 is 1. The van der Waals surface area contributed by atoms with E-state index in [1.165, 1.54) is 18.4 Å². The maximum Gasteiger partial charge on any atom is 0.404 e. The van der Waals surface area contributed by atoms with Gasteiger partial charge in [-0.1, -0.05) is 0 Å². The van der Waals surface area contributed by atoms with Gasteiger partial charge in [-0.3, -0.25) is 9.59 Å². The fraction of sp³-hybridized carbons (Fsp3) is 0.526. The summed E-state index contributed by atoms with van der Waals surface area (Å²) in [6.07, 6.45) is -0.949. The summed E-state index contributed by atoms with van der Waals surface area (Å²) in [5.41, 5.74) is 5.76. The van der Waals surface area contributed by atoms with E-state index in [4.69, 9.17) is 15.2 Å². The second-order valence-electron chi connectivity index (χ2n) is 7.95. The highest BCUT2D eigenvalue weighted by atomic mass is 32.1. The van der Waals surface area contributed by atoms with E-state index >= 15 is 0 Å². The monoisotopic (exact) mass is 431 g/mol. The number of carbonyl (C=O) groups is 3. The van der Waals surface area contributed by atoms with Crippen LogP contribution < -0.4 is 11.1 Å². The molecule has 3 N–H and O–H groups in total. The number of carbonyl (C=O) groups excluding carboxylic acids is 3. The number of rotatable bonds is 4. The quantitative estimate of drug-likeness (QED) is 0.647. The molecule has 4 aliphatic rings. The molecule has 0 saturated carbocycles. The molecule has 1 amide bonds. The predicted molar refractivity (Wildman–Crippen MR) is 106 cm³/mol. The number of ketones is 2. The summed E-state index contributed by atoms with van der Waals surface area (Å²) in [5.74, 6) is -1.91. The molecule has 1 aromatic rings. The molecule has 5 rings (SSSR count). The third-order valence-corrected chi connectivity index (χ3v) is 7.22. The van der Waals surface area contributed by atoms with Crippen LogP contribution in [0.3, 0.4) is 0 Å². The fourth-order valence-electron chi connectivity index (χ4n) is 5.02. The number of Topliss-reactive ketones (excluding diaryl/α,β-unsaturated/α-hetero) is 2. The zero-order valence-corrected chi connectivity index (χ0v) is 17.5. The molecule has 11 heteroatoms. The Kier molecular flexibility index (Phi) is 4.15. The fourth-order valence-corrected chi connectivity index (χ4v) is 5.70. The van der Waals surface area contributed by atoms with Gasteiger partial charge in [-0.25, -0.2) is 14.8 Å². The van der Waals surface area contributed by atoms with Gasteiger partial charge in [0.25, 0.3) is 0 Å². The summed E-state index contributed by atoms with van der Waals surface area (Å²) in [6.45, 7) is 3.89. The van der Waals surface area contributed by atoms with E-state index in [1.807, 2.05) is 17.2 Å². The number of hydrogen-bond donors (Lipinski definition) is 2. The van der Waals surface area contributed by atoms with Gasteiger partial charge in [0.15, 0.2) is 11.5 Å². The van der Waals surface area contributed by atoms with Crippen molar-refractivity contribution in [2.75, 3.05) is 20.3 Å². The Morgan fingerprint density at radius 3 is 2.90 bits per heavy atom. The van der Waals surface area contributed by atoms with E-state index < -0.39 is 23.7 Å². The molecule has 1 aromatic heterocycles. The number of allylic oxidation sites excluding steroid dienone is 1. The molecule has 5 unspecified atom stereocenters. The van der Waals surface area contributed by atoms with Crippen LogP contribution in [0.25, 0.3) is 0 Å². The minimum absolute atomic E-state index is 0.0764. The minimum atomic E-state index is -0.983. The highest BCUT2D eigenvalue weighted by Crippen LogP contribution is 2.55. The molecule has 4 heterocycles. The Labute approximate surface area is 176 Å². The third-order valence-electron chi connectivity index (χ3n) is 6.36. The molecule has 158 valence electrons. The van der Waals surface area contributed by atoms with E-state index in [9.17, 15) is 14.4 Å². The number of fused-ring (bicyclic) bond motifs is 4. The Morgan fingerprint density at radius 2 is 2.27 bits per heavy atom. The number of nitrogens with two attached hydrogens (primary N) is 1. The van der Waals surface area contributed by atoms with Gasteiger partial charge in [0.2, 0.25) is 10.9 Å². The first-order valence-electron chi connectivity index (χ1n) is 9.64. The van der Waals surface area contributed by atoms with Gasteiger partial charge in [-0.05, 0) is 13.8 Å². The first-order chi connectivity index (χ1) is 14.3. The molecule has 30 heavy (non-hydrogen) atoms. The van der Waals surface area contributed by atoms with Gasteiger partial charge < -0.3 is 25.4 Å². The van der Waals surface area contributed by atoms with Crippen molar-refractivity contribution in [3.05, 3.63) is 22.3 Å². The number of nitrogens with zero attached hydrogens (tertiary/aromatic N) is 3. The number of piperazine rings is 1. The van der Waals surface area contributed by atoms with Crippen molar-refractivity contribution in [3.8, 4) is 0 Å². The summed E-state index contributed by atoms with van der Waals surface area (Å²) in [7, 11) is 1.54. The number of ether oxygens (including phenoxy) is 2. The predicted octanol–water partition coefficient (Wildman–Crippen LogP) is 0.290. The Morgan fingerprint density at radius 1 is 1.50 bits per heavy atom. The van der Waals surface area contributed by atoms with E-state index in [2.05, 4.69) is 15.3 Å². The standard InChI is InChI=1S/C19H21N5O5S/c1-7-6-30-18(21-7)23-12-8(2)14(25)13-11(15(12)26)9(5-29-17(20)27)19(28-3)16-10(22-16)4-24(13)19/h6,8-10,16,22H,4-5H2,1-3H3,(H2,20,27). The zero-order chi connectivity index (χ0) is 21.4. The lowest BCUT2D eigenvalue weighted by atomic mass is 9.78. The summed E-state index contributed by atoms with van der Waals surface area (Å²) < 4.78 is 11.0. The maximum absolute atomic E-state index is 13.6. The van der Waals surface area contributed by atoms with E-state index in [1.54, 1.807) is 6.92 Å². The SMILES string of the molecule is COC12C(COC(N)=O)C3=C(C(=O)C(C)C(=Nc4nc(C)cs4)C3=O)N1CC1NC12. The van der Waals surface area contributed by atoms with Crippen LogP contribution in [0, 0.1) is 18.8 Å².